The molecule has 1 aromatic carbocycles. The predicted molar refractivity (Wildman–Crippen MR) is 120 cm³/mol. The molecule has 0 amide bonds. The van der Waals surface area contributed by atoms with Gasteiger partial charge in [-0.15, -0.1) is 5.10 Å². The second kappa shape index (κ2) is 8.54. The van der Waals surface area contributed by atoms with E-state index >= 15 is 0 Å². The van der Waals surface area contributed by atoms with Crippen LogP contribution in [0.25, 0.3) is 10.1 Å². The van der Waals surface area contributed by atoms with Crippen LogP contribution < -0.4 is 10.5 Å². The van der Waals surface area contributed by atoms with Crippen molar-refractivity contribution in [2.45, 2.75) is 49.6 Å². The average molecular weight is 479 g/mol. The molecule has 0 aliphatic heterocycles. The Morgan fingerprint density at radius 2 is 2.00 bits per heavy atom. The van der Waals surface area contributed by atoms with Gasteiger partial charge in [-0.25, -0.2) is 13.1 Å². The van der Waals surface area contributed by atoms with Crippen LogP contribution in [-0.4, -0.2) is 46.6 Å². The van der Waals surface area contributed by atoms with Gasteiger partial charge in [0.1, 0.15) is 10.4 Å². The second-order valence-corrected chi connectivity index (χ2v) is 11.0. The molecule has 1 fully saturated rings. The fourth-order valence-corrected chi connectivity index (χ4v) is 5.53. The maximum Gasteiger partial charge on any atom is 0.288 e. The van der Waals surface area contributed by atoms with Crippen LogP contribution in [0.5, 0.6) is 0 Å². The van der Waals surface area contributed by atoms with E-state index in [0.29, 0.717) is 18.3 Å². The van der Waals surface area contributed by atoms with Crippen molar-refractivity contribution in [2.24, 2.45) is 0 Å². The Morgan fingerprint density at radius 1 is 1.28 bits per heavy atom. The van der Waals surface area contributed by atoms with E-state index in [9.17, 15) is 23.3 Å². The number of hydrogen-bond acceptors (Lipinski definition) is 10. The van der Waals surface area contributed by atoms with E-state index in [1.165, 1.54) is 19.3 Å². The van der Waals surface area contributed by atoms with E-state index < -0.39 is 26.0 Å². The summed E-state index contributed by atoms with van der Waals surface area (Å²) in [5.41, 5.74) is -0.466. The minimum absolute atomic E-state index is 0.0788. The van der Waals surface area contributed by atoms with Crippen LogP contribution in [0.3, 0.4) is 0 Å². The molecule has 0 unspecified atom stereocenters. The van der Waals surface area contributed by atoms with Crippen molar-refractivity contribution in [1.29, 1.82) is 0 Å². The summed E-state index contributed by atoms with van der Waals surface area (Å²) in [5.74, 6) is 0. The number of nitro groups is 1. The standard InChI is InChI=1S/C19H22N6O5S2/c1-23(10-12-11-24(22-21-12)13-6-4-3-5-7-13)19-20-18(26)15-8-14(32(2,29)30)9-16(25(27)28)17(15)31-19/h8-9,11,13H,3-7,10H2,1-2H3. The van der Waals surface area contributed by atoms with Crippen molar-refractivity contribution >= 4 is 42.1 Å². The first-order valence-electron chi connectivity index (χ1n) is 10.1. The topological polar surface area (TPSA) is 141 Å². The summed E-state index contributed by atoms with van der Waals surface area (Å²) in [6.07, 6.45) is 8.56. The van der Waals surface area contributed by atoms with Crippen LogP contribution in [0.4, 0.5) is 10.8 Å². The predicted octanol–water partition coefficient (Wildman–Crippen LogP) is 2.70. The summed E-state index contributed by atoms with van der Waals surface area (Å²) >= 11 is 0.961. The minimum Gasteiger partial charge on any atom is -0.345 e. The average Bonchev–Trinajstić information content (AvgIpc) is 3.21. The third kappa shape index (κ3) is 4.48. The lowest BCUT2D eigenvalue weighted by molar-refractivity contribution is -0.383. The van der Waals surface area contributed by atoms with Crippen LogP contribution in [0.1, 0.15) is 43.8 Å². The third-order valence-electron chi connectivity index (χ3n) is 5.52. The lowest BCUT2D eigenvalue weighted by Crippen LogP contribution is -2.20. The van der Waals surface area contributed by atoms with Gasteiger partial charge in [0.15, 0.2) is 15.0 Å². The normalized spacial score (nSPS) is 15.2. The maximum atomic E-state index is 12.6. The molecule has 11 nitrogen and oxygen atoms in total. The number of anilines is 1. The molecule has 1 aliphatic carbocycles. The highest BCUT2D eigenvalue weighted by Gasteiger charge is 2.23. The largest absolute Gasteiger partial charge is 0.345 e. The van der Waals surface area contributed by atoms with Crippen LogP contribution >= 0.6 is 11.3 Å². The molecule has 4 rings (SSSR count). The van der Waals surface area contributed by atoms with Gasteiger partial charge in [-0.05, 0) is 18.9 Å². The van der Waals surface area contributed by atoms with Gasteiger partial charge >= 0.3 is 0 Å². The first-order chi connectivity index (χ1) is 15.1. The van der Waals surface area contributed by atoms with Gasteiger partial charge in [0.2, 0.25) is 0 Å². The van der Waals surface area contributed by atoms with Gasteiger partial charge in [-0.2, -0.15) is 4.98 Å². The Balaban J connectivity index is 1.67. The number of benzene rings is 1. The van der Waals surface area contributed by atoms with E-state index in [1.54, 1.807) is 11.9 Å². The maximum absolute atomic E-state index is 12.6. The van der Waals surface area contributed by atoms with Crippen LogP contribution in [0.2, 0.25) is 0 Å². The Labute approximate surface area is 187 Å². The van der Waals surface area contributed by atoms with Crippen molar-refractivity contribution in [1.82, 2.24) is 20.0 Å². The number of fused-ring (bicyclic) bond motifs is 1. The molecule has 32 heavy (non-hydrogen) atoms. The first kappa shape index (κ1) is 22.3. The lowest BCUT2D eigenvalue weighted by Gasteiger charge is -2.21. The molecule has 0 radical (unpaired) electrons. The van der Waals surface area contributed by atoms with Gasteiger partial charge in [-0.1, -0.05) is 35.8 Å². The number of nitro benzene ring substituents is 1. The number of nitrogens with zero attached hydrogens (tertiary/aromatic N) is 6. The Kier molecular flexibility index (Phi) is 5.95. The summed E-state index contributed by atoms with van der Waals surface area (Å²) in [6, 6.07) is 2.47. The molecule has 1 aliphatic rings. The molecule has 13 heteroatoms. The monoisotopic (exact) mass is 478 g/mol. The molecule has 0 atom stereocenters. The summed E-state index contributed by atoms with van der Waals surface area (Å²) in [4.78, 5) is 29.0. The minimum atomic E-state index is -3.74. The Hall–Kier alpha value is -2.93. The summed E-state index contributed by atoms with van der Waals surface area (Å²) in [7, 11) is -2.03. The van der Waals surface area contributed by atoms with Gasteiger partial charge < -0.3 is 4.90 Å². The molecular weight excluding hydrogens is 456 g/mol. The zero-order chi connectivity index (χ0) is 23.0. The van der Waals surface area contributed by atoms with Crippen molar-refractivity contribution < 1.29 is 13.3 Å². The fraction of sp³-hybridized carbons (Fsp3) is 0.474. The molecule has 2 aromatic heterocycles. The first-order valence-corrected chi connectivity index (χ1v) is 12.8. The highest BCUT2D eigenvalue weighted by atomic mass is 32.2. The molecule has 0 N–H and O–H groups in total. The van der Waals surface area contributed by atoms with Crippen LogP contribution in [0, 0.1) is 10.1 Å². The van der Waals surface area contributed by atoms with E-state index in [4.69, 9.17) is 0 Å². The third-order valence-corrected chi connectivity index (χ3v) is 7.83. The van der Waals surface area contributed by atoms with Crippen LogP contribution in [0.15, 0.2) is 28.0 Å². The SMILES string of the molecule is CN(Cc1cn(C2CCCCC2)nn1)c1nc(=O)c2cc(S(C)(=O)=O)cc([N+](=O)[O-])c2s1. The number of non-ortho nitro benzene ring substituents is 1. The zero-order valence-corrected chi connectivity index (χ0v) is 19.2. The molecule has 0 saturated heterocycles. The number of hydrogen-bond donors (Lipinski definition) is 0. The van der Waals surface area contributed by atoms with E-state index in [2.05, 4.69) is 15.3 Å². The summed E-state index contributed by atoms with van der Waals surface area (Å²) < 4.78 is 25.7. The smallest absolute Gasteiger partial charge is 0.288 e. The highest BCUT2D eigenvalue weighted by molar-refractivity contribution is 7.90. The van der Waals surface area contributed by atoms with Crippen LogP contribution in [-0.2, 0) is 16.4 Å². The molecule has 1 saturated carbocycles. The molecule has 170 valence electrons. The molecule has 3 aromatic rings. The lowest BCUT2D eigenvalue weighted by atomic mass is 9.96. The number of rotatable bonds is 6. The van der Waals surface area contributed by atoms with Crippen molar-refractivity contribution in [3.8, 4) is 0 Å². The molecule has 2 heterocycles. The summed E-state index contributed by atoms with van der Waals surface area (Å²) in [6.45, 7) is 0.316. The number of aromatic nitrogens is 4. The molecule has 0 spiro atoms. The van der Waals surface area contributed by atoms with E-state index in [-0.39, 0.29) is 20.1 Å². The zero-order valence-electron chi connectivity index (χ0n) is 17.6. The van der Waals surface area contributed by atoms with E-state index in [1.807, 2.05) is 10.9 Å². The van der Waals surface area contributed by atoms with Gasteiger partial charge in [0.05, 0.1) is 34.0 Å². The van der Waals surface area contributed by atoms with Crippen molar-refractivity contribution in [3.05, 3.63) is 44.5 Å². The molecule has 0 bridgehead atoms. The fourth-order valence-electron chi connectivity index (χ4n) is 3.85. The van der Waals surface area contributed by atoms with Crippen molar-refractivity contribution in [3.63, 3.8) is 0 Å². The molecular formula is C19H22N6O5S2. The Bertz CT molecular complexity index is 1340. The Morgan fingerprint density at radius 3 is 2.66 bits per heavy atom. The second-order valence-electron chi connectivity index (χ2n) is 7.99. The van der Waals surface area contributed by atoms with Crippen molar-refractivity contribution in [2.75, 3.05) is 18.2 Å². The quantitative estimate of drug-likeness (QED) is 0.386. The van der Waals surface area contributed by atoms with Gasteiger partial charge in [0.25, 0.3) is 11.2 Å². The van der Waals surface area contributed by atoms with Gasteiger partial charge in [0, 0.05) is 19.4 Å². The van der Waals surface area contributed by atoms with Gasteiger partial charge in [-0.3, -0.25) is 14.9 Å². The summed E-state index contributed by atoms with van der Waals surface area (Å²) in [5, 5.41) is 20.2. The van der Waals surface area contributed by atoms with E-state index in [0.717, 1.165) is 42.6 Å². The highest BCUT2D eigenvalue weighted by Crippen LogP contribution is 2.34. The number of sulfone groups is 1.